The number of para-hydroxylation sites is 1. The summed E-state index contributed by atoms with van der Waals surface area (Å²) in [6, 6.07) is 15.0. The van der Waals surface area contributed by atoms with Crippen LogP contribution in [0.3, 0.4) is 0 Å². The first kappa shape index (κ1) is 15.8. The molecule has 1 unspecified atom stereocenters. The van der Waals surface area contributed by atoms with E-state index in [9.17, 15) is 0 Å². The first-order chi connectivity index (χ1) is 10.7. The Morgan fingerprint density at radius 1 is 1.27 bits per heavy atom. The van der Waals surface area contributed by atoms with Crippen molar-refractivity contribution >= 4 is 39.1 Å². The average molecular weight is 378 g/mol. The van der Waals surface area contributed by atoms with E-state index in [0.29, 0.717) is 5.92 Å². The number of hydrogen-bond acceptors (Lipinski definition) is 3. The number of hydrogen-bond donors (Lipinski definition) is 0. The van der Waals surface area contributed by atoms with Gasteiger partial charge in [0, 0.05) is 22.9 Å². The van der Waals surface area contributed by atoms with Gasteiger partial charge >= 0.3 is 0 Å². The van der Waals surface area contributed by atoms with Crippen molar-refractivity contribution in [2.24, 2.45) is 5.92 Å². The fraction of sp³-hybridized carbons (Fsp3) is 0.333. The molecule has 0 saturated carbocycles. The Bertz CT molecular complexity index is 647. The summed E-state index contributed by atoms with van der Waals surface area (Å²) in [5, 5.41) is 0. The summed E-state index contributed by atoms with van der Waals surface area (Å²) < 4.78 is 6.47. The zero-order valence-electron chi connectivity index (χ0n) is 12.9. The van der Waals surface area contributed by atoms with Crippen LogP contribution in [-0.4, -0.2) is 19.4 Å². The van der Waals surface area contributed by atoms with E-state index >= 15 is 0 Å². The number of nitrogens with zero attached hydrogens (tertiary/aromatic N) is 1. The number of ether oxygens (including phenoxy) is 1. The lowest BCUT2D eigenvalue weighted by atomic mass is 10.1. The van der Waals surface area contributed by atoms with Gasteiger partial charge in [-0.1, -0.05) is 31.5 Å². The summed E-state index contributed by atoms with van der Waals surface area (Å²) in [5.74, 6) is 2.73. The Kier molecular flexibility index (Phi) is 4.99. The highest BCUT2D eigenvalue weighted by Crippen LogP contribution is 2.44. The van der Waals surface area contributed by atoms with E-state index in [-0.39, 0.29) is 0 Å². The number of benzene rings is 2. The normalized spacial score (nSPS) is 17.8. The van der Waals surface area contributed by atoms with Crippen LogP contribution in [0.2, 0.25) is 0 Å². The molecule has 4 heteroatoms. The average Bonchev–Trinajstić information content (AvgIpc) is 2.74. The van der Waals surface area contributed by atoms with Crippen molar-refractivity contribution in [3.63, 3.8) is 0 Å². The minimum atomic E-state index is 0.683. The van der Waals surface area contributed by atoms with Crippen molar-refractivity contribution in [1.82, 2.24) is 0 Å². The van der Waals surface area contributed by atoms with Crippen LogP contribution in [0.5, 0.6) is 5.75 Å². The predicted octanol–water partition coefficient (Wildman–Crippen LogP) is 5.73. The Hall–Kier alpha value is -1.13. The van der Waals surface area contributed by atoms with Gasteiger partial charge in [-0.25, -0.2) is 0 Å². The molecule has 0 saturated heterocycles. The summed E-state index contributed by atoms with van der Waals surface area (Å²) in [5.41, 5.74) is 2.52. The molecule has 0 N–H and O–H groups in total. The van der Waals surface area contributed by atoms with E-state index in [1.807, 2.05) is 11.8 Å². The number of thioether (sulfide) groups is 1. The van der Waals surface area contributed by atoms with Gasteiger partial charge in [-0.05, 0) is 46.1 Å². The number of fused-ring (bicyclic) bond motifs is 1. The van der Waals surface area contributed by atoms with E-state index in [1.54, 1.807) is 7.11 Å². The van der Waals surface area contributed by atoms with E-state index in [0.717, 1.165) is 22.5 Å². The summed E-state index contributed by atoms with van der Waals surface area (Å²) >= 11 is 5.57. The molecule has 2 aromatic carbocycles. The van der Waals surface area contributed by atoms with Crippen LogP contribution in [0.4, 0.5) is 11.4 Å². The first-order valence-electron chi connectivity index (χ1n) is 7.55. The molecule has 1 atom stereocenters. The highest BCUT2D eigenvalue weighted by atomic mass is 79.9. The van der Waals surface area contributed by atoms with Gasteiger partial charge in [0.25, 0.3) is 0 Å². The maximum atomic E-state index is 5.47. The molecule has 0 aromatic heterocycles. The minimum absolute atomic E-state index is 0.683. The Morgan fingerprint density at radius 3 is 2.73 bits per heavy atom. The smallest absolute Gasteiger partial charge is 0.134 e. The number of methoxy groups -OCH3 is 1. The highest BCUT2D eigenvalue weighted by Gasteiger charge is 2.24. The largest absolute Gasteiger partial charge is 0.496 e. The van der Waals surface area contributed by atoms with Gasteiger partial charge in [-0.2, -0.15) is 0 Å². The molecule has 0 aliphatic carbocycles. The molecule has 0 radical (unpaired) electrons. The summed E-state index contributed by atoms with van der Waals surface area (Å²) in [6.07, 6.45) is 1.20. The Morgan fingerprint density at radius 2 is 2.05 bits per heavy atom. The lowest BCUT2D eigenvalue weighted by Gasteiger charge is -2.27. The molecule has 1 heterocycles. The van der Waals surface area contributed by atoms with Crippen LogP contribution in [0.25, 0.3) is 0 Å². The van der Waals surface area contributed by atoms with Crippen molar-refractivity contribution in [2.45, 2.75) is 18.2 Å². The second kappa shape index (κ2) is 6.97. The van der Waals surface area contributed by atoms with E-state index in [4.69, 9.17) is 4.74 Å². The van der Waals surface area contributed by atoms with E-state index in [2.05, 4.69) is 70.2 Å². The SMILES string of the molecule is CCC1CSc2cc(OC)c(Br)cc2N(c2ccccc2)C1. The predicted molar refractivity (Wildman–Crippen MR) is 98.6 cm³/mol. The summed E-state index contributed by atoms with van der Waals surface area (Å²) in [7, 11) is 1.72. The zero-order chi connectivity index (χ0) is 15.5. The first-order valence-corrected chi connectivity index (χ1v) is 9.33. The van der Waals surface area contributed by atoms with Gasteiger partial charge in [0.05, 0.1) is 17.3 Å². The van der Waals surface area contributed by atoms with Gasteiger partial charge in [-0.15, -0.1) is 11.8 Å². The Labute approximate surface area is 145 Å². The molecule has 0 amide bonds. The van der Waals surface area contributed by atoms with Gasteiger partial charge in [-0.3, -0.25) is 0 Å². The lowest BCUT2D eigenvalue weighted by Crippen LogP contribution is -2.24. The van der Waals surface area contributed by atoms with Crippen LogP contribution >= 0.6 is 27.7 Å². The molecule has 1 aliphatic heterocycles. The summed E-state index contributed by atoms with van der Waals surface area (Å²) in [4.78, 5) is 3.73. The van der Waals surface area contributed by atoms with Crippen LogP contribution in [0.15, 0.2) is 51.8 Å². The lowest BCUT2D eigenvalue weighted by molar-refractivity contribution is 0.411. The monoisotopic (exact) mass is 377 g/mol. The molecule has 2 nitrogen and oxygen atoms in total. The quantitative estimate of drug-likeness (QED) is 0.677. The molecule has 0 spiro atoms. The topological polar surface area (TPSA) is 12.5 Å². The van der Waals surface area contributed by atoms with Crippen molar-refractivity contribution < 1.29 is 4.74 Å². The third-order valence-corrected chi connectivity index (χ3v) is 5.98. The van der Waals surface area contributed by atoms with Crippen LogP contribution in [0.1, 0.15) is 13.3 Å². The molecule has 0 fully saturated rings. The van der Waals surface area contributed by atoms with Gasteiger partial charge in [0.1, 0.15) is 5.75 Å². The highest BCUT2D eigenvalue weighted by molar-refractivity contribution is 9.10. The number of rotatable bonds is 3. The van der Waals surface area contributed by atoms with Gasteiger partial charge in [0.2, 0.25) is 0 Å². The second-order valence-electron chi connectivity index (χ2n) is 5.49. The maximum absolute atomic E-state index is 5.47. The molecular weight excluding hydrogens is 358 g/mol. The van der Waals surface area contributed by atoms with Gasteiger partial charge < -0.3 is 9.64 Å². The van der Waals surface area contributed by atoms with Gasteiger partial charge in [0.15, 0.2) is 0 Å². The van der Waals surface area contributed by atoms with Crippen molar-refractivity contribution in [3.8, 4) is 5.75 Å². The molecule has 22 heavy (non-hydrogen) atoms. The van der Waals surface area contributed by atoms with Crippen LogP contribution in [0, 0.1) is 5.92 Å². The standard InChI is InChI=1S/C18H20BrNOS/c1-3-13-11-20(14-7-5-4-6-8-14)16-9-15(19)17(21-2)10-18(16)22-12-13/h4-10,13H,3,11-12H2,1-2H3. The van der Waals surface area contributed by atoms with Crippen LogP contribution in [-0.2, 0) is 0 Å². The van der Waals surface area contributed by atoms with Crippen molar-refractivity contribution in [1.29, 1.82) is 0 Å². The minimum Gasteiger partial charge on any atom is -0.496 e. The second-order valence-corrected chi connectivity index (χ2v) is 7.40. The fourth-order valence-electron chi connectivity index (χ4n) is 2.72. The molecule has 116 valence electrons. The Balaban J connectivity index is 2.09. The van der Waals surface area contributed by atoms with E-state index < -0.39 is 0 Å². The molecule has 0 bridgehead atoms. The zero-order valence-corrected chi connectivity index (χ0v) is 15.3. The maximum Gasteiger partial charge on any atom is 0.134 e. The third kappa shape index (κ3) is 3.13. The van der Waals surface area contributed by atoms with Crippen LogP contribution < -0.4 is 9.64 Å². The molecule has 2 aromatic rings. The third-order valence-electron chi connectivity index (χ3n) is 4.08. The fourth-order valence-corrected chi connectivity index (χ4v) is 4.48. The number of anilines is 2. The van der Waals surface area contributed by atoms with Crippen molar-refractivity contribution in [3.05, 3.63) is 46.9 Å². The van der Waals surface area contributed by atoms with E-state index in [1.165, 1.54) is 22.7 Å². The molecular formula is C18H20BrNOS. The molecule has 1 aliphatic rings. The molecule has 3 rings (SSSR count). The summed E-state index contributed by atoms with van der Waals surface area (Å²) in [6.45, 7) is 3.33. The number of halogens is 1. The van der Waals surface area contributed by atoms with Crippen molar-refractivity contribution in [2.75, 3.05) is 24.3 Å².